The number of ether oxygens (including phenoxy) is 1. The lowest BCUT2D eigenvalue weighted by Crippen LogP contribution is -2.09. The van der Waals surface area contributed by atoms with E-state index in [1.54, 1.807) is 0 Å². The fourth-order valence-electron chi connectivity index (χ4n) is 0.521. The highest BCUT2D eigenvalue weighted by Gasteiger charge is 2.15. The third-order valence-electron chi connectivity index (χ3n) is 1.11. The van der Waals surface area contributed by atoms with Crippen LogP contribution in [0.25, 0.3) is 0 Å². The minimum atomic E-state index is -0.696. The van der Waals surface area contributed by atoms with Crippen molar-refractivity contribution in [3.63, 3.8) is 0 Å². The van der Waals surface area contributed by atoms with E-state index in [9.17, 15) is 10.1 Å². The van der Waals surface area contributed by atoms with Gasteiger partial charge in [-0.3, -0.25) is 15.1 Å². The van der Waals surface area contributed by atoms with Crippen molar-refractivity contribution in [2.45, 2.75) is 0 Å². The van der Waals surface area contributed by atoms with Crippen molar-refractivity contribution in [3.8, 4) is 0 Å². The van der Waals surface area contributed by atoms with Crippen molar-refractivity contribution in [1.29, 1.82) is 0 Å². The highest BCUT2D eigenvalue weighted by Crippen LogP contribution is 2.02. The van der Waals surface area contributed by atoms with Crippen LogP contribution in [0.5, 0.6) is 0 Å². The molecule has 0 atom stereocenters. The van der Waals surface area contributed by atoms with E-state index < -0.39 is 10.6 Å². The third-order valence-corrected chi connectivity index (χ3v) is 1.43. The number of rotatable bonds is 5. The second kappa shape index (κ2) is 6.38. The average Bonchev–Trinajstić information content (AvgIpc) is 2.05. The molecule has 7 heteroatoms. The lowest BCUT2D eigenvalue weighted by molar-refractivity contribution is -0.414. The van der Waals surface area contributed by atoms with E-state index in [0.29, 0.717) is 6.61 Å². The Morgan fingerprint density at radius 2 is 2.46 bits per heavy atom. The van der Waals surface area contributed by atoms with E-state index in [4.69, 9.17) is 17.3 Å². The summed E-state index contributed by atoms with van der Waals surface area (Å²) in [5, 5.41) is 10.0. The predicted octanol–water partition coefficient (Wildman–Crippen LogP) is 0.347. The van der Waals surface area contributed by atoms with Crippen molar-refractivity contribution in [1.82, 2.24) is 0 Å². The Kier molecular flexibility index (Phi) is 5.82. The van der Waals surface area contributed by atoms with E-state index in [1.807, 2.05) is 0 Å². The summed E-state index contributed by atoms with van der Waals surface area (Å²) in [5.74, 6) is 0. The molecular weight excluding hydrogens is 198 g/mol. The summed E-state index contributed by atoms with van der Waals surface area (Å²) in [7, 11) is 1.50. The van der Waals surface area contributed by atoms with Gasteiger partial charge in [-0.05, 0) is 0 Å². The van der Waals surface area contributed by atoms with Gasteiger partial charge in [-0.15, -0.1) is 0 Å². The molecule has 0 aliphatic carbocycles. The molecule has 0 unspecified atom stereocenters. The fourth-order valence-corrected chi connectivity index (χ4v) is 0.738. The number of methoxy groups -OCH3 is 1. The van der Waals surface area contributed by atoms with Crippen LogP contribution in [0.2, 0.25) is 0 Å². The summed E-state index contributed by atoms with van der Waals surface area (Å²) >= 11 is 5.48. The molecule has 0 bridgehead atoms. The van der Waals surface area contributed by atoms with Gasteiger partial charge in [0.25, 0.3) is 0 Å². The summed E-state index contributed by atoms with van der Waals surface area (Å²) in [6, 6.07) is 0. The van der Waals surface area contributed by atoms with Gasteiger partial charge in [0.1, 0.15) is 0 Å². The van der Waals surface area contributed by atoms with Gasteiger partial charge < -0.3 is 10.5 Å². The number of nitrogens with two attached hydrogens (primary N) is 1. The van der Waals surface area contributed by atoms with Crippen molar-refractivity contribution in [3.05, 3.63) is 22.0 Å². The molecule has 0 heterocycles. The number of hydrogen-bond acceptors (Lipinski definition) is 5. The van der Waals surface area contributed by atoms with Gasteiger partial charge in [0, 0.05) is 7.11 Å². The lowest BCUT2D eigenvalue weighted by atomic mass is 10.5. The molecule has 0 fully saturated rings. The average molecular weight is 208 g/mol. The largest absolute Gasteiger partial charge is 0.399 e. The molecule has 13 heavy (non-hydrogen) atoms. The zero-order valence-electron chi connectivity index (χ0n) is 7.07. The van der Waals surface area contributed by atoms with Gasteiger partial charge in [0.15, 0.2) is 0 Å². The van der Waals surface area contributed by atoms with Gasteiger partial charge >= 0.3 is 5.70 Å². The van der Waals surface area contributed by atoms with E-state index in [-0.39, 0.29) is 11.7 Å². The zero-order chi connectivity index (χ0) is 10.3. The molecule has 0 rings (SSSR count). The number of halogens is 1. The summed E-state index contributed by atoms with van der Waals surface area (Å²) in [4.78, 5) is 13.2. The molecule has 0 aliphatic rings. The molecule has 0 radical (unpaired) electrons. The van der Waals surface area contributed by atoms with Gasteiger partial charge in [-0.25, -0.2) is 0 Å². The predicted molar refractivity (Wildman–Crippen MR) is 49.3 cm³/mol. The van der Waals surface area contributed by atoms with E-state index >= 15 is 0 Å². The van der Waals surface area contributed by atoms with Crippen LogP contribution >= 0.6 is 11.6 Å². The van der Waals surface area contributed by atoms with E-state index in [0.717, 1.165) is 6.20 Å². The van der Waals surface area contributed by atoms with Crippen LogP contribution in [0.1, 0.15) is 0 Å². The SMILES string of the molecule is COCCN=C(Cl)C(=CN)[N+](=O)[O-]. The second-order valence-electron chi connectivity index (χ2n) is 1.97. The molecule has 0 aromatic heterocycles. The van der Waals surface area contributed by atoms with Crippen LogP contribution in [0.4, 0.5) is 0 Å². The first-order valence-corrected chi connectivity index (χ1v) is 3.76. The van der Waals surface area contributed by atoms with Crippen LogP contribution in [0.3, 0.4) is 0 Å². The lowest BCUT2D eigenvalue weighted by Gasteiger charge is -1.95. The Labute approximate surface area is 80.2 Å². The third kappa shape index (κ3) is 4.44. The molecular formula is C6H10ClN3O3. The quantitative estimate of drug-likeness (QED) is 0.305. The van der Waals surface area contributed by atoms with E-state index in [1.165, 1.54) is 7.11 Å². The molecule has 0 saturated carbocycles. The smallest absolute Gasteiger partial charge is 0.321 e. The summed E-state index contributed by atoms with van der Waals surface area (Å²) < 4.78 is 4.68. The molecule has 0 aromatic rings. The molecule has 0 amide bonds. The summed E-state index contributed by atoms with van der Waals surface area (Å²) in [6.45, 7) is 0.617. The van der Waals surface area contributed by atoms with Crippen molar-refractivity contribution >= 4 is 16.8 Å². The Morgan fingerprint density at radius 1 is 1.85 bits per heavy atom. The van der Waals surface area contributed by atoms with Crippen LogP contribution in [-0.4, -0.2) is 30.4 Å². The minimum Gasteiger partial charge on any atom is -0.399 e. The monoisotopic (exact) mass is 207 g/mol. The van der Waals surface area contributed by atoms with Crippen LogP contribution in [0, 0.1) is 10.1 Å². The number of nitro groups is 1. The number of aliphatic imine (C=N–C) groups is 1. The van der Waals surface area contributed by atoms with Crippen molar-refractivity contribution in [2.75, 3.05) is 20.3 Å². The maximum atomic E-state index is 10.3. The van der Waals surface area contributed by atoms with Crippen LogP contribution < -0.4 is 5.73 Å². The topological polar surface area (TPSA) is 90.8 Å². The first-order valence-electron chi connectivity index (χ1n) is 3.39. The highest BCUT2D eigenvalue weighted by atomic mass is 35.5. The molecule has 0 aromatic carbocycles. The van der Waals surface area contributed by atoms with Gasteiger partial charge in [0.2, 0.25) is 5.17 Å². The maximum absolute atomic E-state index is 10.3. The fraction of sp³-hybridized carbons (Fsp3) is 0.500. The Hall–Kier alpha value is -1.14. The van der Waals surface area contributed by atoms with Crippen molar-refractivity contribution in [2.24, 2.45) is 10.7 Å². The number of hydrogen-bond donors (Lipinski definition) is 1. The number of nitrogens with zero attached hydrogens (tertiary/aromatic N) is 2. The molecule has 0 spiro atoms. The first-order chi connectivity index (χ1) is 6.13. The van der Waals surface area contributed by atoms with Crippen LogP contribution in [-0.2, 0) is 4.74 Å². The summed E-state index contributed by atoms with van der Waals surface area (Å²) in [5.41, 5.74) is 4.57. The minimum absolute atomic E-state index is 0.218. The number of allylic oxidation sites excluding steroid dienone is 1. The Balaban J connectivity index is 4.29. The van der Waals surface area contributed by atoms with E-state index in [2.05, 4.69) is 9.73 Å². The zero-order valence-corrected chi connectivity index (χ0v) is 7.82. The summed E-state index contributed by atoms with van der Waals surface area (Å²) in [6.07, 6.45) is 0.804. The Bertz CT molecular complexity index is 239. The Morgan fingerprint density at radius 3 is 2.85 bits per heavy atom. The van der Waals surface area contributed by atoms with Crippen molar-refractivity contribution < 1.29 is 9.66 Å². The maximum Gasteiger partial charge on any atom is 0.321 e. The molecule has 74 valence electrons. The van der Waals surface area contributed by atoms with Crippen LogP contribution in [0.15, 0.2) is 16.9 Å². The molecule has 6 nitrogen and oxygen atoms in total. The van der Waals surface area contributed by atoms with Gasteiger partial charge in [-0.2, -0.15) is 0 Å². The first kappa shape index (κ1) is 11.9. The molecule has 2 N–H and O–H groups in total. The normalized spacial score (nSPS) is 13.1. The van der Waals surface area contributed by atoms with Gasteiger partial charge in [0.05, 0.1) is 24.3 Å². The second-order valence-corrected chi connectivity index (χ2v) is 2.33. The highest BCUT2D eigenvalue weighted by molar-refractivity contribution is 6.69. The molecule has 0 aliphatic heterocycles. The standard InChI is InChI=1S/C6H10ClN3O3/c1-13-3-2-9-6(7)5(4-8)10(11)12/h4H,2-3,8H2,1H3. The van der Waals surface area contributed by atoms with Gasteiger partial charge in [-0.1, -0.05) is 11.6 Å². The molecule has 0 saturated heterocycles.